The van der Waals surface area contributed by atoms with Gasteiger partial charge in [-0.05, 0) is 62.6 Å². The van der Waals surface area contributed by atoms with E-state index in [0.717, 1.165) is 22.5 Å². The Morgan fingerprint density at radius 2 is 1.69 bits per heavy atom. The fourth-order valence-electron chi connectivity index (χ4n) is 3.54. The van der Waals surface area contributed by atoms with E-state index in [1.54, 1.807) is 31.2 Å². The van der Waals surface area contributed by atoms with Crippen molar-refractivity contribution in [3.63, 3.8) is 0 Å². The minimum atomic E-state index is -3.69. The summed E-state index contributed by atoms with van der Waals surface area (Å²) in [5.74, 6) is -0.546. The van der Waals surface area contributed by atoms with Crippen molar-refractivity contribution in [3.05, 3.63) is 63.1 Å². The first kappa shape index (κ1) is 30.2. The second kappa shape index (κ2) is 13.5. The zero-order chi connectivity index (χ0) is 27.0. The van der Waals surface area contributed by atoms with Crippen LogP contribution in [0.5, 0.6) is 0 Å². The van der Waals surface area contributed by atoms with Crippen LogP contribution in [0.4, 0.5) is 5.69 Å². The van der Waals surface area contributed by atoms with E-state index in [4.69, 9.17) is 34.8 Å². The van der Waals surface area contributed by atoms with Gasteiger partial charge < -0.3 is 10.2 Å². The van der Waals surface area contributed by atoms with E-state index in [1.165, 1.54) is 17.0 Å². The third-order valence-corrected chi connectivity index (χ3v) is 7.71. The third-order valence-electron chi connectivity index (χ3n) is 5.74. The number of sulfonamides is 1. The van der Waals surface area contributed by atoms with Gasteiger partial charge in [-0.15, -0.1) is 0 Å². The molecule has 2 aromatic carbocycles. The summed E-state index contributed by atoms with van der Waals surface area (Å²) in [6, 6.07) is 10.9. The Labute approximate surface area is 228 Å². The molecule has 2 atom stereocenters. The molecule has 198 valence electrons. The third kappa shape index (κ3) is 8.83. The van der Waals surface area contributed by atoms with Crippen molar-refractivity contribution < 1.29 is 18.0 Å². The zero-order valence-corrected chi connectivity index (χ0v) is 23.9. The number of hydrogen-bond donors (Lipinski definition) is 1. The fourth-order valence-corrected chi connectivity index (χ4v) is 5.16. The molecule has 0 saturated carbocycles. The molecule has 0 spiro atoms. The van der Waals surface area contributed by atoms with Crippen molar-refractivity contribution in [1.29, 1.82) is 0 Å². The van der Waals surface area contributed by atoms with Crippen LogP contribution in [0.3, 0.4) is 0 Å². The topological polar surface area (TPSA) is 86.8 Å². The summed E-state index contributed by atoms with van der Waals surface area (Å²) in [7, 11) is -3.69. The number of carbonyl (C=O) groups is 2. The number of amides is 2. The van der Waals surface area contributed by atoms with E-state index in [1.807, 2.05) is 19.9 Å². The second-order valence-electron chi connectivity index (χ2n) is 8.68. The minimum Gasteiger partial charge on any atom is -0.352 e. The summed E-state index contributed by atoms with van der Waals surface area (Å²) in [4.78, 5) is 27.6. The molecule has 1 N–H and O–H groups in total. The van der Waals surface area contributed by atoms with Gasteiger partial charge in [0, 0.05) is 35.6 Å². The van der Waals surface area contributed by atoms with Crippen molar-refractivity contribution in [2.24, 2.45) is 0 Å². The Bertz CT molecular complexity index is 1180. The molecule has 0 heterocycles. The maximum Gasteiger partial charge on any atom is 0.242 e. The predicted molar refractivity (Wildman–Crippen MR) is 147 cm³/mol. The number of nitrogens with one attached hydrogen (secondary N) is 1. The van der Waals surface area contributed by atoms with E-state index in [9.17, 15) is 18.0 Å². The van der Waals surface area contributed by atoms with Crippen LogP contribution in [-0.2, 0) is 26.2 Å². The van der Waals surface area contributed by atoms with E-state index in [0.29, 0.717) is 10.0 Å². The lowest BCUT2D eigenvalue weighted by molar-refractivity contribution is -0.140. The summed E-state index contributed by atoms with van der Waals surface area (Å²) < 4.78 is 26.1. The molecule has 0 aromatic heterocycles. The average molecular weight is 577 g/mol. The molecule has 7 nitrogen and oxygen atoms in total. The number of halogens is 3. The second-order valence-corrected chi connectivity index (χ2v) is 11.9. The summed E-state index contributed by atoms with van der Waals surface area (Å²) in [5.41, 5.74) is 1.03. The van der Waals surface area contributed by atoms with Gasteiger partial charge in [0.1, 0.15) is 6.04 Å². The van der Waals surface area contributed by atoms with Crippen LogP contribution in [0.2, 0.25) is 15.1 Å². The van der Waals surface area contributed by atoms with Crippen molar-refractivity contribution in [3.8, 4) is 0 Å². The van der Waals surface area contributed by atoms with Gasteiger partial charge in [-0.2, -0.15) is 0 Å². The predicted octanol–water partition coefficient (Wildman–Crippen LogP) is 5.53. The maximum atomic E-state index is 13.3. The lowest BCUT2D eigenvalue weighted by Crippen LogP contribution is -2.49. The van der Waals surface area contributed by atoms with Gasteiger partial charge in [-0.3, -0.25) is 13.9 Å². The molecule has 11 heteroatoms. The van der Waals surface area contributed by atoms with Gasteiger partial charge in [0.15, 0.2) is 0 Å². The van der Waals surface area contributed by atoms with Crippen LogP contribution in [0.1, 0.15) is 45.6 Å². The van der Waals surface area contributed by atoms with Crippen LogP contribution in [0.25, 0.3) is 0 Å². The lowest BCUT2D eigenvalue weighted by Gasteiger charge is -2.30. The van der Waals surface area contributed by atoms with Gasteiger partial charge in [-0.1, -0.05) is 53.9 Å². The number of benzene rings is 2. The molecule has 0 saturated heterocycles. The van der Waals surface area contributed by atoms with E-state index in [-0.39, 0.29) is 54.5 Å². The van der Waals surface area contributed by atoms with Crippen molar-refractivity contribution in [2.75, 3.05) is 17.1 Å². The van der Waals surface area contributed by atoms with Crippen LogP contribution >= 0.6 is 34.8 Å². The Morgan fingerprint density at radius 1 is 1.03 bits per heavy atom. The Hall–Kier alpha value is -2.00. The van der Waals surface area contributed by atoms with Crippen molar-refractivity contribution in [2.45, 2.75) is 58.7 Å². The van der Waals surface area contributed by atoms with Crippen LogP contribution in [-0.4, -0.2) is 50.0 Å². The fraction of sp³-hybridized carbons (Fsp3) is 0.440. The SMILES string of the molecule is CC[C@H](C)NC(=O)[C@@H](C)N(Cc1cccc(Cl)c1)C(=O)CCCN(c1cc(Cl)ccc1Cl)S(C)(=O)=O. The number of hydrogen-bond acceptors (Lipinski definition) is 4. The number of carbonyl (C=O) groups excluding carboxylic acids is 2. The van der Waals surface area contributed by atoms with Gasteiger partial charge >= 0.3 is 0 Å². The molecule has 2 aromatic rings. The quantitative estimate of drug-likeness (QED) is 0.360. The maximum absolute atomic E-state index is 13.3. The smallest absolute Gasteiger partial charge is 0.242 e. The van der Waals surface area contributed by atoms with Gasteiger partial charge in [0.2, 0.25) is 21.8 Å². The van der Waals surface area contributed by atoms with Crippen LogP contribution in [0, 0.1) is 0 Å². The highest BCUT2D eigenvalue weighted by Crippen LogP contribution is 2.31. The first-order valence-corrected chi connectivity index (χ1v) is 14.6. The molecular formula is C25H32Cl3N3O4S. The summed E-state index contributed by atoms with van der Waals surface area (Å²) in [6.07, 6.45) is 2.05. The van der Waals surface area contributed by atoms with Crippen molar-refractivity contribution in [1.82, 2.24) is 10.2 Å². The normalized spacial score (nSPS) is 13.1. The highest BCUT2D eigenvalue weighted by molar-refractivity contribution is 7.92. The summed E-state index contributed by atoms with van der Waals surface area (Å²) in [6.45, 7) is 5.74. The van der Waals surface area contributed by atoms with Gasteiger partial charge in [0.25, 0.3) is 0 Å². The van der Waals surface area contributed by atoms with E-state index in [2.05, 4.69) is 5.32 Å². The largest absolute Gasteiger partial charge is 0.352 e. The molecule has 36 heavy (non-hydrogen) atoms. The van der Waals surface area contributed by atoms with Gasteiger partial charge in [-0.25, -0.2) is 8.42 Å². The summed E-state index contributed by atoms with van der Waals surface area (Å²) >= 11 is 18.4. The highest BCUT2D eigenvalue weighted by atomic mass is 35.5. The Morgan fingerprint density at radius 3 is 2.31 bits per heavy atom. The molecule has 0 aliphatic rings. The minimum absolute atomic E-state index is 0.0170. The molecule has 0 unspecified atom stereocenters. The van der Waals surface area contributed by atoms with E-state index < -0.39 is 16.1 Å². The molecule has 0 fully saturated rings. The number of rotatable bonds is 12. The molecule has 0 aliphatic heterocycles. The van der Waals surface area contributed by atoms with Crippen LogP contribution in [0.15, 0.2) is 42.5 Å². The number of anilines is 1. The van der Waals surface area contributed by atoms with Crippen LogP contribution < -0.4 is 9.62 Å². The van der Waals surface area contributed by atoms with Crippen molar-refractivity contribution >= 4 is 62.3 Å². The monoisotopic (exact) mass is 575 g/mol. The molecule has 2 amide bonds. The van der Waals surface area contributed by atoms with E-state index >= 15 is 0 Å². The zero-order valence-electron chi connectivity index (χ0n) is 20.8. The lowest BCUT2D eigenvalue weighted by atomic mass is 10.1. The first-order chi connectivity index (χ1) is 16.8. The molecule has 0 bridgehead atoms. The van der Waals surface area contributed by atoms with Gasteiger partial charge in [0.05, 0.1) is 17.0 Å². The summed E-state index contributed by atoms with van der Waals surface area (Å²) in [5, 5.41) is 4.01. The first-order valence-electron chi connectivity index (χ1n) is 11.6. The number of nitrogens with zero attached hydrogens (tertiary/aromatic N) is 2. The highest BCUT2D eigenvalue weighted by Gasteiger charge is 2.27. The molecule has 0 radical (unpaired) electrons. The Kier molecular flexibility index (Phi) is 11.3. The standard InChI is InChI=1S/C25H32Cl3N3O4S/c1-5-17(2)29-25(33)18(3)30(16-19-8-6-9-20(26)14-19)24(32)10-7-13-31(36(4,34)35)23-15-21(27)11-12-22(23)28/h6,8-9,11-12,14-15,17-18H,5,7,10,13,16H2,1-4H3,(H,29,33)/t17-,18+/m0/s1. The Balaban J connectivity index is 2.21. The molecular weight excluding hydrogens is 545 g/mol. The average Bonchev–Trinajstić information content (AvgIpc) is 2.80. The molecule has 0 aliphatic carbocycles. The molecule has 2 rings (SSSR count).